The van der Waals surface area contributed by atoms with Gasteiger partial charge in [-0.2, -0.15) is 0 Å². The van der Waals surface area contributed by atoms with Crippen molar-refractivity contribution in [3.8, 4) is 0 Å². The van der Waals surface area contributed by atoms with Crippen LogP contribution in [0.15, 0.2) is 42.7 Å². The number of rotatable bonds is 5. The number of pyridine rings is 1. The summed E-state index contributed by atoms with van der Waals surface area (Å²) >= 11 is 0. The molecule has 1 atom stereocenters. The summed E-state index contributed by atoms with van der Waals surface area (Å²) in [6.45, 7) is 0. The summed E-state index contributed by atoms with van der Waals surface area (Å²) in [7, 11) is 1.77. The Morgan fingerprint density at radius 2 is 2.11 bits per heavy atom. The highest BCUT2D eigenvalue weighted by Crippen LogP contribution is 2.22. The second kappa shape index (κ2) is 6.38. The van der Waals surface area contributed by atoms with Gasteiger partial charge in [0.1, 0.15) is 11.6 Å². The quantitative estimate of drug-likeness (QED) is 0.894. The van der Waals surface area contributed by atoms with Gasteiger partial charge < -0.3 is 5.32 Å². The van der Waals surface area contributed by atoms with Gasteiger partial charge in [0, 0.05) is 30.1 Å². The van der Waals surface area contributed by atoms with E-state index in [-0.39, 0.29) is 6.04 Å². The lowest BCUT2D eigenvalue weighted by Gasteiger charge is -2.17. The van der Waals surface area contributed by atoms with Crippen LogP contribution in [0.3, 0.4) is 0 Å². The molecule has 1 unspecified atom stereocenters. The van der Waals surface area contributed by atoms with Crippen LogP contribution in [-0.2, 0) is 6.42 Å². The Morgan fingerprint density at radius 1 is 1.26 bits per heavy atom. The smallest absolute Gasteiger partial charge is 0.130 e. The molecule has 0 fully saturated rings. The zero-order chi connectivity index (χ0) is 13.7. The van der Waals surface area contributed by atoms with E-state index in [9.17, 15) is 8.78 Å². The van der Waals surface area contributed by atoms with Gasteiger partial charge in [-0.15, -0.1) is 0 Å². The SMILES string of the molecule is CNC(CCc1cccnc1)c1ccc(F)cc1F. The van der Waals surface area contributed by atoms with Gasteiger partial charge in [-0.25, -0.2) is 8.78 Å². The van der Waals surface area contributed by atoms with E-state index in [1.54, 1.807) is 19.4 Å². The molecular formula is C15H16F2N2. The Bertz CT molecular complexity index is 529. The molecule has 100 valence electrons. The van der Waals surface area contributed by atoms with Crippen molar-refractivity contribution < 1.29 is 8.78 Å². The minimum Gasteiger partial charge on any atom is -0.313 e. The van der Waals surface area contributed by atoms with Gasteiger partial charge in [0.25, 0.3) is 0 Å². The summed E-state index contributed by atoms with van der Waals surface area (Å²) < 4.78 is 26.6. The normalized spacial score (nSPS) is 12.4. The zero-order valence-electron chi connectivity index (χ0n) is 10.7. The Balaban J connectivity index is 2.08. The molecule has 0 aliphatic heterocycles. The van der Waals surface area contributed by atoms with Gasteiger partial charge in [-0.1, -0.05) is 12.1 Å². The van der Waals surface area contributed by atoms with Crippen molar-refractivity contribution in [3.63, 3.8) is 0 Å². The molecule has 2 aromatic rings. The van der Waals surface area contributed by atoms with Crippen molar-refractivity contribution in [2.75, 3.05) is 7.05 Å². The fraction of sp³-hybridized carbons (Fsp3) is 0.267. The van der Waals surface area contributed by atoms with E-state index < -0.39 is 11.6 Å². The number of benzene rings is 1. The highest BCUT2D eigenvalue weighted by molar-refractivity contribution is 5.22. The lowest BCUT2D eigenvalue weighted by molar-refractivity contribution is 0.500. The average molecular weight is 262 g/mol. The maximum absolute atomic E-state index is 13.7. The lowest BCUT2D eigenvalue weighted by atomic mass is 9.99. The average Bonchev–Trinajstić information content (AvgIpc) is 2.42. The first kappa shape index (κ1) is 13.6. The molecule has 2 nitrogen and oxygen atoms in total. The maximum atomic E-state index is 13.7. The zero-order valence-corrected chi connectivity index (χ0v) is 10.7. The van der Waals surface area contributed by atoms with Crippen molar-refractivity contribution >= 4 is 0 Å². The first-order valence-electron chi connectivity index (χ1n) is 6.22. The van der Waals surface area contributed by atoms with Gasteiger partial charge >= 0.3 is 0 Å². The molecule has 0 spiro atoms. The van der Waals surface area contributed by atoms with E-state index >= 15 is 0 Å². The summed E-state index contributed by atoms with van der Waals surface area (Å²) in [5.74, 6) is -1.06. The lowest BCUT2D eigenvalue weighted by Crippen LogP contribution is -2.18. The topological polar surface area (TPSA) is 24.9 Å². The van der Waals surface area contributed by atoms with Crippen molar-refractivity contribution in [3.05, 3.63) is 65.5 Å². The monoisotopic (exact) mass is 262 g/mol. The van der Waals surface area contributed by atoms with Gasteiger partial charge in [0.05, 0.1) is 0 Å². The molecule has 1 aromatic heterocycles. The summed E-state index contributed by atoms with van der Waals surface area (Å²) in [6, 6.07) is 7.43. The molecule has 4 heteroatoms. The second-order valence-corrected chi connectivity index (χ2v) is 4.41. The molecule has 19 heavy (non-hydrogen) atoms. The Hall–Kier alpha value is -1.81. The standard InChI is InChI=1S/C15H16F2N2/c1-18-15(7-4-11-3-2-8-19-10-11)13-6-5-12(16)9-14(13)17/h2-3,5-6,8-10,15,18H,4,7H2,1H3. The van der Waals surface area contributed by atoms with Crippen molar-refractivity contribution in [2.24, 2.45) is 0 Å². The summed E-state index contributed by atoms with van der Waals surface area (Å²) in [4.78, 5) is 4.05. The van der Waals surface area contributed by atoms with Gasteiger partial charge in [-0.3, -0.25) is 4.98 Å². The number of halogens is 2. The first-order chi connectivity index (χ1) is 9.20. The van der Waals surface area contributed by atoms with E-state index in [1.165, 1.54) is 12.1 Å². The number of hydrogen-bond donors (Lipinski definition) is 1. The van der Waals surface area contributed by atoms with Crippen molar-refractivity contribution in [1.82, 2.24) is 10.3 Å². The van der Waals surface area contributed by atoms with Crippen LogP contribution >= 0.6 is 0 Å². The van der Waals surface area contributed by atoms with Crippen LogP contribution in [0.2, 0.25) is 0 Å². The fourth-order valence-electron chi connectivity index (χ4n) is 2.10. The maximum Gasteiger partial charge on any atom is 0.130 e. The van der Waals surface area contributed by atoms with E-state index in [4.69, 9.17) is 0 Å². The molecular weight excluding hydrogens is 246 g/mol. The minimum atomic E-state index is -0.552. The number of aryl methyl sites for hydroxylation is 1. The van der Waals surface area contributed by atoms with Crippen LogP contribution in [0.1, 0.15) is 23.6 Å². The highest BCUT2D eigenvalue weighted by Gasteiger charge is 2.14. The highest BCUT2D eigenvalue weighted by atomic mass is 19.1. The molecule has 0 aliphatic rings. The van der Waals surface area contributed by atoms with Crippen LogP contribution in [0.4, 0.5) is 8.78 Å². The van der Waals surface area contributed by atoms with E-state index in [0.717, 1.165) is 24.5 Å². The molecule has 1 N–H and O–H groups in total. The van der Waals surface area contributed by atoms with Crippen LogP contribution < -0.4 is 5.32 Å². The number of nitrogens with zero attached hydrogens (tertiary/aromatic N) is 1. The molecule has 0 bridgehead atoms. The Morgan fingerprint density at radius 3 is 2.74 bits per heavy atom. The molecule has 0 aliphatic carbocycles. The Labute approximate surface area is 111 Å². The molecule has 2 rings (SSSR count). The van der Waals surface area contributed by atoms with Crippen molar-refractivity contribution in [1.29, 1.82) is 0 Å². The summed E-state index contributed by atoms with van der Waals surface area (Å²) in [6.07, 6.45) is 5.04. The third kappa shape index (κ3) is 3.58. The van der Waals surface area contributed by atoms with Crippen LogP contribution in [-0.4, -0.2) is 12.0 Å². The molecule has 0 saturated heterocycles. The third-order valence-corrected chi connectivity index (χ3v) is 3.13. The second-order valence-electron chi connectivity index (χ2n) is 4.41. The predicted molar refractivity (Wildman–Crippen MR) is 70.7 cm³/mol. The van der Waals surface area contributed by atoms with Gasteiger partial charge in [-0.05, 0) is 37.6 Å². The first-order valence-corrected chi connectivity index (χ1v) is 6.22. The van der Waals surface area contributed by atoms with Gasteiger partial charge in [0.2, 0.25) is 0 Å². The number of hydrogen-bond acceptors (Lipinski definition) is 2. The van der Waals surface area contributed by atoms with E-state index in [2.05, 4.69) is 10.3 Å². The Kier molecular flexibility index (Phi) is 4.58. The molecule has 0 saturated carbocycles. The minimum absolute atomic E-state index is 0.138. The number of aromatic nitrogens is 1. The molecule has 0 amide bonds. The summed E-state index contributed by atoms with van der Waals surface area (Å²) in [5, 5.41) is 3.07. The number of nitrogens with one attached hydrogen (secondary N) is 1. The molecule has 1 aromatic carbocycles. The third-order valence-electron chi connectivity index (χ3n) is 3.13. The van der Waals surface area contributed by atoms with Crippen molar-refractivity contribution in [2.45, 2.75) is 18.9 Å². The van der Waals surface area contributed by atoms with Crippen LogP contribution in [0.5, 0.6) is 0 Å². The van der Waals surface area contributed by atoms with E-state index in [1.807, 2.05) is 12.1 Å². The summed E-state index contributed by atoms with van der Waals surface area (Å²) in [5.41, 5.74) is 1.60. The largest absolute Gasteiger partial charge is 0.313 e. The molecule has 0 radical (unpaired) electrons. The predicted octanol–water partition coefficient (Wildman–Crippen LogP) is 3.25. The van der Waals surface area contributed by atoms with Crippen LogP contribution in [0.25, 0.3) is 0 Å². The fourth-order valence-corrected chi connectivity index (χ4v) is 2.10. The molecule has 1 heterocycles. The van der Waals surface area contributed by atoms with E-state index in [0.29, 0.717) is 5.56 Å². The van der Waals surface area contributed by atoms with Crippen LogP contribution in [0, 0.1) is 11.6 Å². The van der Waals surface area contributed by atoms with Gasteiger partial charge in [0.15, 0.2) is 0 Å².